The fourth-order valence-corrected chi connectivity index (χ4v) is 2.24. The van der Waals surface area contributed by atoms with Crippen molar-refractivity contribution in [2.24, 2.45) is 0 Å². The molecule has 6 nitrogen and oxygen atoms in total. The van der Waals surface area contributed by atoms with Crippen molar-refractivity contribution in [1.29, 1.82) is 0 Å². The number of hydrogen-bond acceptors (Lipinski definition) is 5. The van der Waals surface area contributed by atoms with Gasteiger partial charge in [0.15, 0.2) is 0 Å². The van der Waals surface area contributed by atoms with Crippen LogP contribution in [0.2, 0.25) is 0 Å². The topological polar surface area (TPSA) is 76.7 Å². The van der Waals surface area contributed by atoms with Gasteiger partial charge in [0.25, 0.3) is 0 Å². The Morgan fingerprint density at radius 2 is 1.80 bits per heavy atom. The van der Waals surface area contributed by atoms with Gasteiger partial charge in [0.1, 0.15) is 5.75 Å². The van der Waals surface area contributed by atoms with E-state index in [-0.39, 0.29) is 12.5 Å². The van der Waals surface area contributed by atoms with Gasteiger partial charge >= 0.3 is 5.97 Å². The average molecular weight is 342 g/mol. The molecule has 2 aromatic carbocycles. The molecule has 0 aromatic heterocycles. The summed E-state index contributed by atoms with van der Waals surface area (Å²) in [6.45, 7) is 4.49. The van der Waals surface area contributed by atoms with Crippen molar-refractivity contribution in [3.63, 3.8) is 0 Å². The highest BCUT2D eigenvalue weighted by molar-refractivity contribution is 5.94. The highest BCUT2D eigenvalue weighted by Crippen LogP contribution is 2.18. The molecule has 0 aliphatic carbocycles. The van der Waals surface area contributed by atoms with E-state index in [0.717, 1.165) is 11.3 Å². The first kappa shape index (κ1) is 18.3. The zero-order valence-corrected chi connectivity index (χ0v) is 14.6. The summed E-state index contributed by atoms with van der Waals surface area (Å²) in [5.74, 6) is 0.155. The number of ether oxygens (including phenoxy) is 2. The second-order valence-electron chi connectivity index (χ2n) is 5.38. The van der Waals surface area contributed by atoms with Gasteiger partial charge in [-0.15, -0.1) is 0 Å². The summed E-state index contributed by atoms with van der Waals surface area (Å²) in [4.78, 5) is 23.7. The zero-order valence-electron chi connectivity index (χ0n) is 14.6. The second kappa shape index (κ2) is 8.73. The maximum absolute atomic E-state index is 12.1. The fourth-order valence-electron chi connectivity index (χ4n) is 2.24. The smallest absolute Gasteiger partial charge is 0.337 e. The van der Waals surface area contributed by atoms with E-state index >= 15 is 0 Å². The molecular formula is C19H22N2O4. The maximum Gasteiger partial charge on any atom is 0.337 e. The summed E-state index contributed by atoms with van der Waals surface area (Å²) < 4.78 is 10.1. The van der Waals surface area contributed by atoms with E-state index in [4.69, 9.17) is 9.47 Å². The van der Waals surface area contributed by atoms with E-state index in [9.17, 15) is 9.59 Å². The number of carbonyl (C=O) groups excluding carboxylic acids is 2. The Morgan fingerprint density at radius 3 is 2.44 bits per heavy atom. The summed E-state index contributed by atoms with van der Waals surface area (Å²) in [7, 11) is 1.33. The third-order valence-corrected chi connectivity index (χ3v) is 3.55. The van der Waals surface area contributed by atoms with E-state index in [1.54, 1.807) is 42.5 Å². The minimum absolute atomic E-state index is 0.0820. The third kappa shape index (κ3) is 5.24. The number of amides is 1. The Hall–Kier alpha value is -3.02. The van der Waals surface area contributed by atoms with Crippen LogP contribution < -0.4 is 15.4 Å². The van der Waals surface area contributed by atoms with Crippen LogP contribution in [-0.2, 0) is 9.53 Å². The summed E-state index contributed by atoms with van der Waals surface area (Å²) in [6.07, 6.45) is 0. The Morgan fingerprint density at radius 1 is 1.08 bits per heavy atom. The van der Waals surface area contributed by atoms with E-state index in [0.29, 0.717) is 23.5 Å². The lowest BCUT2D eigenvalue weighted by molar-refractivity contribution is -0.114. The maximum atomic E-state index is 12.1. The normalized spacial score (nSPS) is 10.0. The van der Waals surface area contributed by atoms with Crippen LogP contribution in [0.1, 0.15) is 22.8 Å². The van der Waals surface area contributed by atoms with Gasteiger partial charge in [0.2, 0.25) is 5.91 Å². The second-order valence-corrected chi connectivity index (χ2v) is 5.38. The quantitative estimate of drug-likeness (QED) is 0.756. The third-order valence-electron chi connectivity index (χ3n) is 3.55. The number of hydrogen-bond donors (Lipinski definition) is 2. The molecule has 0 bridgehead atoms. The SMILES string of the molecule is CCOc1ccc(NC(=O)CNc2cc(C(=O)OC)ccc2C)cc1. The van der Waals surface area contributed by atoms with Crippen molar-refractivity contribution in [1.82, 2.24) is 0 Å². The molecule has 0 unspecified atom stereocenters. The molecule has 0 aliphatic heterocycles. The molecule has 2 aromatic rings. The van der Waals surface area contributed by atoms with Gasteiger partial charge in [-0.2, -0.15) is 0 Å². The highest BCUT2D eigenvalue weighted by atomic mass is 16.5. The number of aryl methyl sites for hydroxylation is 1. The molecule has 25 heavy (non-hydrogen) atoms. The molecule has 0 radical (unpaired) electrons. The molecule has 0 saturated heterocycles. The van der Waals surface area contributed by atoms with Crippen LogP contribution in [0, 0.1) is 6.92 Å². The van der Waals surface area contributed by atoms with Crippen molar-refractivity contribution >= 4 is 23.3 Å². The summed E-state index contributed by atoms with van der Waals surface area (Å²) in [6, 6.07) is 12.3. The van der Waals surface area contributed by atoms with E-state index in [1.807, 2.05) is 13.8 Å². The lowest BCUT2D eigenvalue weighted by Crippen LogP contribution is -2.22. The molecule has 0 spiro atoms. The lowest BCUT2D eigenvalue weighted by Gasteiger charge is -2.11. The van der Waals surface area contributed by atoms with Gasteiger partial charge in [-0.25, -0.2) is 4.79 Å². The first-order chi connectivity index (χ1) is 12.0. The van der Waals surface area contributed by atoms with Crippen molar-refractivity contribution in [2.45, 2.75) is 13.8 Å². The van der Waals surface area contributed by atoms with Crippen molar-refractivity contribution in [3.8, 4) is 5.75 Å². The molecular weight excluding hydrogens is 320 g/mol. The van der Waals surface area contributed by atoms with Crippen molar-refractivity contribution in [2.75, 3.05) is 30.9 Å². The molecule has 0 heterocycles. The van der Waals surface area contributed by atoms with Gasteiger partial charge in [0, 0.05) is 11.4 Å². The minimum atomic E-state index is -0.415. The number of carbonyl (C=O) groups is 2. The Bertz CT molecular complexity index is 742. The highest BCUT2D eigenvalue weighted by Gasteiger charge is 2.09. The molecule has 0 atom stereocenters. The van der Waals surface area contributed by atoms with Crippen LogP contribution >= 0.6 is 0 Å². The molecule has 0 fully saturated rings. The van der Waals surface area contributed by atoms with Crippen LogP contribution in [0.25, 0.3) is 0 Å². The standard InChI is InChI=1S/C19H22N2O4/c1-4-25-16-9-7-15(8-10-16)21-18(22)12-20-17-11-14(19(23)24-3)6-5-13(17)2/h5-11,20H,4,12H2,1-3H3,(H,21,22). The van der Waals surface area contributed by atoms with Crippen molar-refractivity contribution < 1.29 is 19.1 Å². The number of rotatable bonds is 7. The Labute approximate surface area is 147 Å². The zero-order chi connectivity index (χ0) is 18.2. The van der Waals surface area contributed by atoms with Gasteiger partial charge in [-0.1, -0.05) is 6.07 Å². The van der Waals surface area contributed by atoms with Crippen LogP contribution in [0.15, 0.2) is 42.5 Å². The number of benzene rings is 2. The van der Waals surface area contributed by atoms with Gasteiger partial charge in [0.05, 0.1) is 25.8 Å². The van der Waals surface area contributed by atoms with Crippen LogP contribution in [-0.4, -0.2) is 32.1 Å². The monoisotopic (exact) mass is 342 g/mol. The molecule has 0 saturated carbocycles. The molecule has 2 N–H and O–H groups in total. The molecule has 1 amide bonds. The number of anilines is 2. The van der Waals surface area contributed by atoms with E-state index in [1.165, 1.54) is 7.11 Å². The lowest BCUT2D eigenvalue weighted by atomic mass is 10.1. The first-order valence-corrected chi connectivity index (χ1v) is 7.99. The van der Waals surface area contributed by atoms with Crippen LogP contribution in [0.4, 0.5) is 11.4 Å². The Kier molecular flexibility index (Phi) is 6.39. The summed E-state index contributed by atoms with van der Waals surface area (Å²) >= 11 is 0. The molecule has 0 aliphatic rings. The fraction of sp³-hybridized carbons (Fsp3) is 0.263. The largest absolute Gasteiger partial charge is 0.494 e. The summed E-state index contributed by atoms with van der Waals surface area (Å²) in [5, 5.41) is 5.84. The molecule has 132 valence electrons. The van der Waals surface area contributed by atoms with Crippen LogP contribution in [0.5, 0.6) is 5.75 Å². The number of nitrogens with one attached hydrogen (secondary N) is 2. The Balaban J connectivity index is 1.94. The summed E-state index contributed by atoms with van der Waals surface area (Å²) in [5.41, 5.74) is 2.77. The van der Waals surface area contributed by atoms with E-state index in [2.05, 4.69) is 10.6 Å². The predicted octanol–water partition coefficient (Wildman–Crippen LogP) is 3.23. The first-order valence-electron chi connectivity index (χ1n) is 7.99. The minimum Gasteiger partial charge on any atom is -0.494 e. The number of esters is 1. The molecule has 6 heteroatoms. The van der Waals surface area contributed by atoms with Gasteiger partial charge < -0.3 is 20.1 Å². The average Bonchev–Trinajstić information content (AvgIpc) is 2.62. The van der Waals surface area contributed by atoms with Gasteiger partial charge in [-0.05, 0) is 55.8 Å². The number of methoxy groups -OCH3 is 1. The van der Waals surface area contributed by atoms with E-state index < -0.39 is 5.97 Å². The van der Waals surface area contributed by atoms with Crippen molar-refractivity contribution in [3.05, 3.63) is 53.6 Å². The predicted molar refractivity (Wildman–Crippen MR) is 97.2 cm³/mol. The van der Waals surface area contributed by atoms with Gasteiger partial charge in [-0.3, -0.25) is 4.79 Å². The molecule has 2 rings (SSSR count). The van der Waals surface area contributed by atoms with Crippen LogP contribution in [0.3, 0.4) is 0 Å².